The molecule has 2 aliphatic heterocycles. The lowest BCUT2D eigenvalue weighted by molar-refractivity contribution is -0.384. The molecule has 0 saturated carbocycles. The first-order chi connectivity index (χ1) is 12.9. The van der Waals surface area contributed by atoms with E-state index in [0.717, 1.165) is 0 Å². The smallest absolute Gasteiger partial charge is 0.363 e. The number of benzene rings is 2. The van der Waals surface area contributed by atoms with E-state index < -0.39 is 10.9 Å². The Balaban J connectivity index is 1.71. The van der Waals surface area contributed by atoms with Crippen LogP contribution in [0.3, 0.4) is 0 Å². The number of nitro groups is 1. The summed E-state index contributed by atoms with van der Waals surface area (Å²) < 4.78 is 15.6. The lowest BCUT2D eigenvalue weighted by atomic mass is 10.1. The van der Waals surface area contributed by atoms with Crippen LogP contribution in [0.2, 0.25) is 10.0 Å². The summed E-state index contributed by atoms with van der Waals surface area (Å²) in [6, 6.07) is 7.18. The van der Waals surface area contributed by atoms with E-state index in [9.17, 15) is 14.9 Å². The lowest BCUT2D eigenvalue weighted by Gasteiger charge is -2.01. The van der Waals surface area contributed by atoms with E-state index >= 15 is 0 Å². The molecule has 2 aromatic rings. The van der Waals surface area contributed by atoms with E-state index in [0.29, 0.717) is 22.1 Å². The van der Waals surface area contributed by atoms with E-state index in [1.807, 2.05) is 0 Å². The molecule has 0 atom stereocenters. The van der Waals surface area contributed by atoms with Crippen molar-refractivity contribution in [2.24, 2.45) is 4.99 Å². The van der Waals surface area contributed by atoms with Crippen molar-refractivity contribution in [3.63, 3.8) is 0 Å². The van der Waals surface area contributed by atoms with Crippen molar-refractivity contribution in [1.29, 1.82) is 0 Å². The van der Waals surface area contributed by atoms with E-state index in [4.69, 9.17) is 37.4 Å². The molecule has 8 nitrogen and oxygen atoms in total. The topological polar surface area (TPSA) is 100 Å². The molecule has 2 heterocycles. The molecule has 136 valence electrons. The Morgan fingerprint density at radius 1 is 1.11 bits per heavy atom. The number of fused-ring (bicyclic) bond motifs is 1. The zero-order chi connectivity index (χ0) is 19.1. The Morgan fingerprint density at radius 2 is 1.85 bits per heavy atom. The quantitative estimate of drug-likeness (QED) is 0.330. The molecule has 27 heavy (non-hydrogen) atoms. The second kappa shape index (κ2) is 6.57. The van der Waals surface area contributed by atoms with Crippen LogP contribution in [0, 0.1) is 10.1 Å². The normalized spacial score (nSPS) is 16.4. The SMILES string of the molecule is O=C1OC(c2ccc(Cl)c([N+](=O)[O-])c2)=N/C1=C/c1cc2c(cc1Cl)OCO2. The van der Waals surface area contributed by atoms with Crippen LogP contribution in [0.15, 0.2) is 41.0 Å². The molecule has 0 bridgehead atoms. The second-order valence-electron chi connectivity index (χ2n) is 5.49. The average molecular weight is 407 g/mol. The molecule has 0 amide bonds. The third-order valence-corrected chi connectivity index (χ3v) is 4.44. The fourth-order valence-electron chi connectivity index (χ4n) is 2.51. The third kappa shape index (κ3) is 3.20. The van der Waals surface area contributed by atoms with Crippen LogP contribution in [0.1, 0.15) is 11.1 Å². The van der Waals surface area contributed by atoms with Gasteiger partial charge in [-0.25, -0.2) is 9.79 Å². The highest BCUT2D eigenvalue weighted by molar-refractivity contribution is 6.33. The summed E-state index contributed by atoms with van der Waals surface area (Å²) in [6.07, 6.45) is 1.43. The first-order valence-electron chi connectivity index (χ1n) is 7.48. The summed E-state index contributed by atoms with van der Waals surface area (Å²) in [6.45, 7) is 0.0887. The highest BCUT2D eigenvalue weighted by atomic mass is 35.5. The minimum atomic E-state index is -0.712. The predicted molar refractivity (Wildman–Crippen MR) is 96.3 cm³/mol. The number of aliphatic imine (C=N–C) groups is 1. The Bertz CT molecular complexity index is 1060. The molecule has 0 N–H and O–H groups in total. The van der Waals surface area contributed by atoms with E-state index in [1.54, 1.807) is 12.1 Å². The number of rotatable bonds is 3. The molecule has 0 radical (unpaired) electrons. The predicted octanol–water partition coefficient (Wildman–Crippen LogP) is 3.97. The standard InChI is InChI=1S/C17H8Cl2N2O6/c18-10-2-1-8(4-13(10)21(23)24)16-20-12(17(22)27-16)3-9-5-14-15(6-11(9)19)26-7-25-14/h1-6H,7H2/b12-3+. The molecule has 10 heteroatoms. The van der Waals surface area contributed by atoms with Gasteiger partial charge in [0.1, 0.15) is 5.02 Å². The van der Waals surface area contributed by atoms with Crippen LogP contribution in [-0.4, -0.2) is 23.6 Å². The molecule has 0 fully saturated rings. The van der Waals surface area contributed by atoms with Gasteiger partial charge >= 0.3 is 5.97 Å². The molecule has 2 aliphatic rings. The van der Waals surface area contributed by atoms with Crippen molar-refractivity contribution in [2.45, 2.75) is 0 Å². The van der Waals surface area contributed by atoms with Gasteiger partial charge in [0.2, 0.25) is 12.7 Å². The van der Waals surface area contributed by atoms with E-state index in [2.05, 4.69) is 4.99 Å². The molecule has 2 aromatic carbocycles. The van der Waals surface area contributed by atoms with Gasteiger partial charge in [-0.15, -0.1) is 0 Å². The van der Waals surface area contributed by atoms with Gasteiger partial charge in [0, 0.05) is 17.7 Å². The Hall–Kier alpha value is -3.10. The fraction of sp³-hybridized carbons (Fsp3) is 0.0588. The first-order valence-corrected chi connectivity index (χ1v) is 8.24. The molecular formula is C17H8Cl2N2O6. The number of esters is 1. The van der Waals surface area contributed by atoms with Gasteiger partial charge in [0.05, 0.1) is 9.95 Å². The summed E-state index contributed by atoms with van der Waals surface area (Å²) in [4.78, 5) is 26.6. The monoisotopic (exact) mass is 406 g/mol. The Morgan fingerprint density at radius 3 is 2.59 bits per heavy atom. The van der Waals surface area contributed by atoms with Gasteiger partial charge in [0.15, 0.2) is 17.2 Å². The molecule has 4 rings (SSSR count). The lowest BCUT2D eigenvalue weighted by Crippen LogP contribution is -2.06. The number of nitro benzene ring substituents is 1. The van der Waals surface area contributed by atoms with Crippen LogP contribution >= 0.6 is 23.2 Å². The molecule has 0 aliphatic carbocycles. The van der Waals surface area contributed by atoms with Crippen molar-refractivity contribution < 1.29 is 23.9 Å². The number of carbonyl (C=O) groups is 1. The fourth-order valence-corrected chi connectivity index (χ4v) is 2.90. The van der Waals surface area contributed by atoms with Gasteiger partial charge in [-0.3, -0.25) is 10.1 Å². The number of halogens is 2. The molecule has 0 unspecified atom stereocenters. The minimum absolute atomic E-state index is 0.0108. The molecule has 0 saturated heterocycles. The number of hydrogen-bond acceptors (Lipinski definition) is 7. The summed E-state index contributed by atoms with van der Waals surface area (Å²) in [7, 11) is 0. The summed E-state index contributed by atoms with van der Waals surface area (Å²) >= 11 is 12.0. The molecule has 0 aromatic heterocycles. The summed E-state index contributed by atoms with van der Waals surface area (Å²) in [5.74, 6) is 0.225. The number of cyclic esters (lactones) is 1. The maximum Gasteiger partial charge on any atom is 0.363 e. The van der Waals surface area contributed by atoms with Gasteiger partial charge in [-0.2, -0.15) is 0 Å². The number of ether oxygens (including phenoxy) is 3. The maximum absolute atomic E-state index is 12.1. The van der Waals surface area contributed by atoms with Crippen molar-refractivity contribution in [3.05, 3.63) is 67.3 Å². The molecule has 0 spiro atoms. The third-order valence-electron chi connectivity index (χ3n) is 3.79. The van der Waals surface area contributed by atoms with Gasteiger partial charge in [-0.05, 0) is 29.8 Å². The molecular weight excluding hydrogens is 399 g/mol. The largest absolute Gasteiger partial charge is 0.454 e. The first kappa shape index (κ1) is 17.3. The maximum atomic E-state index is 12.1. The van der Waals surface area contributed by atoms with Crippen LogP contribution < -0.4 is 9.47 Å². The van der Waals surface area contributed by atoms with Crippen molar-refractivity contribution in [3.8, 4) is 11.5 Å². The second-order valence-corrected chi connectivity index (χ2v) is 6.30. The highest BCUT2D eigenvalue weighted by Gasteiger charge is 2.27. The van der Waals surface area contributed by atoms with Crippen molar-refractivity contribution >= 4 is 46.8 Å². The van der Waals surface area contributed by atoms with Gasteiger partial charge in [0.25, 0.3) is 5.69 Å². The van der Waals surface area contributed by atoms with Gasteiger partial charge < -0.3 is 14.2 Å². The van der Waals surface area contributed by atoms with E-state index in [1.165, 1.54) is 24.3 Å². The van der Waals surface area contributed by atoms with Crippen molar-refractivity contribution in [2.75, 3.05) is 6.79 Å². The van der Waals surface area contributed by atoms with Crippen LogP contribution in [0.5, 0.6) is 11.5 Å². The summed E-state index contributed by atoms with van der Waals surface area (Å²) in [5, 5.41) is 11.3. The zero-order valence-electron chi connectivity index (χ0n) is 13.3. The van der Waals surface area contributed by atoms with Crippen LogP contribution in [-0.2, 0) is 9.53 Å². The van der Waals surface area contributed by atoms with Gasteiger partial charge in [-0.1, -0.05) is 23.2 Å². The number of hydrogen-bond donors (Lipinski definition) is 0. The average Bonchev–Trinajstić information content (AvgIpc) is 3.22. The van der Waals surface area contributed by atoms with Crippen molar-refractivity contribution in [1.82, 2.24) is 0 Å². The van der Waals surface area contributed by atoms with Crippen LogP contribution in [0.25, 0.3) is 6.08 Å². The number of carbonyl (C=O) groups excluding carboxylic acids is 1. The highest BCUT2D eigenvalue weighted by Crippen LogP contribution is 2.38. The van der Waals surface area contributed by atoms with Crippen LogP contribution in [0.4, 0.5) is 5.69 Å². The van der Waals surface area contributed by atoms with E-state index in [-0.39, 0.29) is 34.7 Å². The Kier molecular flexibility index (Phi) is 4.21. The Labute approximate surface area is 161 Å². The minimum Gasteiger partial charge on any atom is -0.454 e. The summed E-state index contributed by atoms with van der Waals surface area (Å²) in [5.41, 5.74) is 0.409. The number of nitrogens with zero attached hydrogens (tertiary/aromatic N) is 2. The zero-order valence-corrected chi connectivity index (χ0v) is 14.8.